The van der Waals surface area contributed by atoms with Crippen molar-refractivity contribution in [1.29, 1.82) is 0 Å². The van der Waals surface area contributed by atoms with Crippen LogP contribution in [0.1, 0.15) is 38.5 Å². The molecule has 1 aromatic rings. The summed E-state index contributed by atoms with van der Waals surface area (Å²) in [5, 5.41) is 0. The van der Waals surface area contributed by atoms with Gasteiger partial charge in [-0.1, -0.05) is 25.3 Å². The number of nitrogens with zero attached hydrogens (tertiary/aromatic N) is 3. The molecule has 1 aromatic heterocycles. The molecule has 1 saturated carbocycles. The number of nitrogens with two attached hydrogens (primary N) is 1. The van der Waals surface area contributed by atoms with Crippen molar-refractivity contribution in [3.8, 4) is 0 Å². The Morgan fingerprint density at radius 2 is 1.76 bits per heavy atom. The molecule has 0 bridgehead atoms. The highest BCUT2D eigenvalue weighted by molar-refractivity contribution is 5.85. The third kappa shape index (κ3) is 5.47. The average molecular weight is 389 g/mol. The van der Waals surface area contributed by atoms with E-state index in [0.29, 0.717) is 13.0 Å². The second-order valence-electron chi connectivity index (χ2n) is 7.00. The van der Waals surface area contributed by atoms with Crippen LogP contribution in [-0.4, -0.2) is 48.5 Å². The maximum absolute atomic E-state index is 12.7. The lowest BCUT2D eigenvalue weighted by Gasteiger charge is -2.40. The minimum atomic E-state index is 0. The van der Waals surface area contributed by atoms with Gasteiger partial charge in [0.05, 0.1) is 0 Å². The number of pyridine rings is 1. The first kappa shape index (κ1) is 22.0. The van der Waals surface area contributed by atoms with Crippen LogP contribution in [0.2, 0.25) is 0 Å². The topological polar surface area (TPSA) is 62.5 Å². The summed E-state index contributed by atoms with van der Waals surface area (Å²) in [5.74, 6) is 1.29. The van der Waals surface area contributed by atoms with Crippen LogP contribution in [0, 0.1) is 5.41 Å². The number of rotatable bonds is 4. The number of halogens is 2. The van der Waals surface area contributed by atoms with Crippen molar-refractivity contribution in [2.75, 3.05) is 37.6 Å². The highest BCUT2D eigenvalue weighted by Gasteiger charge is 2.35. The zero-order valence-electron chi connectivity index (χ0n) is 14.7. The smallest absolute Gasteiger partial charge is 0.223 e. The van der Waals surface area contributed by atoms with Crippen molar-refractivity contribution >= 4 is 36.5 Å². The summed E-state index contributed by atoms with van der Waals surface area (Å²) in [4.78, 5) is 21.4. The van der Waals surface area contributed by atoms with Crippen LogP contribution in [0.3, 0.4) is 0 Å². The number of carbonyl (C=O) groups excluding carboxylic acids is 1. The average Bonchev–Trinajstić information content (AvgIpc) is 2.63. The van der Waals surface area contributed by atoms with Crippen LogP contribution in [0.25, 0.3) is 0 Å². The highest BCUT2D eigenvalue weighted by Crippen LogP contribution is 2.38. The Kier molecular flexibility index (Phi) is 8.97. The maximum Gasteiger partial charge on any atom is 0.223 e. The van der Waals surface area contributed by atoms with E-state index in [2.05, 4.69) is 9.88 Å². The summed E-state index contributed by atoms with van der Waals surface area (Å²) in [6.45, 7) is 3.94. The first-order valence-corrected chi connectivity index (χ1v) is 8.86. The van der Waals surface area contributed by atoms with Crippen LogP contribution >= 0.6 is 24.8 Å². The first-order valence-electron chi connectivity index (χ1n) is 8.86. The monoisotopic (exact) mass is 388 g/mol. The molecule has 1 saturated heterocycles. The van der Waals surface area contributed by atoms with E-state index in [-0.39, 0.29) is 36.1 Å². The molecule has 7 heteroatoms. The summed E-state index contributed by atoms with van der Waals surface area (Å²) in [6.07, 6.45) is 8.41. The molecule has 2 aliphatic rings. The third-order valence-corrected chi connectivity index (χ3v) is 5.48. The molecule has 0 radical (unpaired) electrons. The maximum atomic E-state index is 12.7. The van der Waals surface area contributed by atoms with E-state index in [4.69, 9.17) is 5.73 Å². The Bertz CT molecular complexity index is 515. The summed E-state index contributed by atoms with van der Waals surface area (Å²) in [7, 11) is 0. The van der Waals surface area contributed by atoms with Crippen LogP contribution < -0.4 is 10.6 Å². The predicted octanol–water partition coefficient (Wildman–Crippen LogP) is 2.87. The lowest BCUT2D eigenvalue weighted by molar-refractivity contribution is -0.134. The fourth-order valence-electron chi connectivity index (χ4n) is 3.91. The van der Waals surface area contributed by atoms with Gasteiger partial charge in [-0.25, -0.2) is 4.98 Å². The van der Waals surface area contributed by atoms with E-state index < -0.39 is 0 Å². The van der Waals surface area contributed by atoms with Crippen LogP contribution in [0.15, 0.2) is 24.4 Å². The van der Waals surface area contributed by atoms with E-state index >= 15 is 0 Å². The normalized spacial score (nSPS) is 19.6. The van der Waals surface area contributed by atoms with Crippen molar-refractivity contribution in [1.82, 2.24) is 9.88 Å². The number of piperazine rings is 1. The van der Waals surface area contributed by atoms with Gasteiger partial charge < -0.3 is 15.5 Å². The van der Waals surface area contributed by atoms with Gasteiger partial charge in [0.25, 0.3) is 0 Å². The van der Waals surface area contributed by atoms with Gasteiger partial charge in [-0.15, -0.1) is 24.8 Å². The molecule has 1 amide bonds. The molecule has 0 atom stereocenters. The standard InChI is InChI=1S/C18H28N4O.2ClH/c19-15-18(7-3-1-4-8-18)14-17(23)22-12-10-21(11-13-22)16-6-2-5-9-20-16;;/h2,5-6,9H,1,3-4,7-8,10-15,19H2;2*1H. The first-order chi connectivity index (χ1) is 11.2. The Morgan fingerprint density at radius 1 is 1.08 bits per heavy atom. The number of hydrogen-bond acceptors (Lipinski definition) is 4. The molecule has 25 heavy (non-hydrogen) atoms. The zero-order chi connectivity index (χ0) is 16.1. The lowest BCUT2D eigenvalue weighted by atomic mass is 9.71. The fraction of sp³-hybridized carbons (Fsp3) is 0.667. The molecule has 1 aliphatic carbocycles. The van der Waals surface area contributed by atoms with Gasteiger partial charge in [-0.05, 0) is 36.9 Å². The number of anilines is 1. The summed E-state index contributed by atoms with van der Waals surface area (Å²) in [5.41, 5.74) is 6.09. The second kappa shape index (κ2) is 10.2. The van der Waals surface area contributed by atoms with E-state index in [0.717, 1.165) is 44.8 Å². The van der Waals surface area contributed by atoms with Crippen molar-refractivity contribution in [2.45, 2.75) is 38.5 Å². The summed E-state index contributed by atoms with van der Waals surface area (Å²) >= 11 is 0. The molecule has 2 heterocycles. The fourth-order valence-corrected chi connectivity index (χ4v) is 3.91. The van der Waals surface area contributed by atoms with Crippen LogP contribution in [0.4, 0.5) is 5.82 Å². The van der Waals surface area contributed by atoms with Gasteiger partial charge in [-0.3, -0.25) is 4.79 Å². The minimum Gasteiger partial charge on any atom is -0.353 e. The molecule has 2 N–H and O–H groups in total. The minimum absolute atomic E-state index is 0. The highest BCUT2D eigenvalue weighted by atomic mass is 35.5. The molecule has 0 unspecified atom stereocenters. The molecule has 3 rings (SSSR count). The Balaban J connectivity index is 0.00000156. The Morgan fingerprint density at radius 3 is 2.32 bits per heavy atom. The molecule has 142 valence electrons. The predicted molar refractivity (Wildman–Crippen MR) is 107 cm³/mol. The van der Waals surface area contributed by atoms with Gasteiger partial charge in [0.2, 0.25) is 5.91 Å². The Labute approximate surface area is 163 Å². The Hall–Kier alpha value is -1.04. The third-order valence-electron chi connectivity index (χ3n) is 5.48. The number of carbonyl (C=O) groups is 1. The lowest BCUT2D eigenvalue weighted by Crippen LogP contribution is -2.50. The molecule has 1 aliphatic heterocycles. The largest absolute Gasteiger partial charge is 0.353 e. The van der Waals surface area contributed by atoms with Gasteiger partial charge in [0.1, 0.15) is 5.82 Å². The van der Waals surface area contributed by atoms with Gasteiger partial charge in [0.15, 0.2) is 0 Å². The molecule has 0 aromatic carbocycles. The number of aromatic nitrogens is 1. The van der Waals surface area contributed by atoms with Gasteiger partial charge in [0, 0.05) is 38.8 Å². The number of amides is 1. The molecule has 0 spiro atoms. The van der Waals surface area contributed by atoms with Crippen molar-refractivity contribution in [3.63, 3.8) is 0 Å². The number of hydrogen-bond donors (Lipinski definition) is 1. The van der Waals surface area contributed by atoms with Crippen LogP contribution in [-0.2, 0) is 4.79 Å². The molecular weight excluding hydrogens is 359 g/mol. The summed E-state index contributed by atoms with van der Waals surface area (Å²) < 4.78 is 0. The van der Waals surface area contributed by atoms with E-state index in [9.17, 15) is 4.79 Å². The second-order valence-corrected chi connectivity index (χ2v) is 7.00. The van der Waals surface area contributed by atoms with Gasteiger partial charge >= 0.3 is 0 Å². The quantitative estimate of drug-likeness (QED) is 0.860. The van der Waals surface area contributed by atoms with E-state index in [1.165, 1.54) is 19.3 Å². The van der Waals surface area contributed by atoms with Crippen molar-refractivity contribution < 1.29 is 4.79 Å². The molecule has 2 fully saturated rings. The molecular formula is C18H30Cl2N4O. The molecule has 5 nitrogen and oxygen atoms in total. The van der Waals surface area contributed by atoms with Crippen molar-refractivity contribution in [2.24, 2.45) is 11.1 Å². The SMILES string of the molecule is Cl.Cl.NCC1(CC(=O)N2CCN(c3ccccn3)CC2)CCCCC1. The van der Waals surface area contributed by atoms with E-state index in [1.54, 1.807) is 0 Å². The van der Waals surface area contributed by atoms with Gasteiger partial charge in [-0.2, -0.15) is 0 Å². The van der Waals surface area contributed by atoms with Crippen LogP contribution in [0.5, 0.6) is 0 Å². The van der Waals surface area contributed by atoms with Crippen molar-refractivity contribution in [3.05, 3.63) is 24.4 Å². The zero-order valence-corrected chi connectivity index (χ0v) is 16.4. The summed E-state index contributed by atoms with van der Waals surface area (Å²) in [6, 6.07) is 5.97. The van der Waals surface area contributed by atoms with E-state index in [1.807, 2.05) is 29.3 Å².